The van der Waals surface area contributed by atoms with E-state index >= 15 is 0 Å². The molecule has 1 aromatic carbocycles. The van der Waals surface area contributed by atoms with E-state index in [4.69, 9.17) is 11.6 Å². The number of carbonyl (C=O) groups is 1. The zero-order valence-electron chi connectivity index (χ0n) is 12.4. The van der Waals surface area contributed by atoms with Crippen molar-refractivity contribution in [3.8, 4) is 0 Å². The summed E-state index contributed by atoms with van der Waals surface area (Å²) in [6.07, 6.45) is 0.571. The van der Waals surface area contributed by atoms with E-state index in [1.165, 1.54) is 12.1 Å². The first-order valence-electron chi connectivity index (χ1n) is 6.82. The maximum atomic E-state index is 13.5. The van der Waals surface area contributed by atoms with Gasteiger partial charge in [0.05, 0.1) is 16.4 Å². The number of hydrogen-bond donors (Lipinski definition) is 1. The monoisotopic (exact) mass is 311 g/mol. The van der Waals surface area contributed by atoms with Crippen LogP contribution >= 0.6 is 11.6 Å². The van der Waals surface area contributed by atoms with E-state index in [2.05, 4.69) is 10.3 Å². The van der Waals surface area contributed by atoms with E-state index in [0.29, 0.717) is 29.9 Å². The fourth-order valence-corrected chi connectivity index (χ4v) is 2.57. The Labute approximate surface area is 128 Å². The molecule has 0 fully saturated rings. The van der Waals surface area contributed by atoms with Crippen molar-refractivity contribution in [3.63, 3.8) is 0 Å². The van der Waals surface area contributed by atoms with Crippen LogP contribution in [0.25, 0.3) is 11.0 Å². The normalized spacial score (nSPS) is 11.9. The molecule has 0 radical (unpaired) electrons. The number of nitrogens with zero attached hydrogens (tertiary/aromatic N) is 2. The molecule has 0 spiro atoms. The minimum Gasteiger partial charge on any atom is -0.359 e. The van der Waals surface area contributed by atoms with Gasteiger partial charge in [0.2, 0.25) is 5.91 Å². The standard InChI is InChI=1S/C15H19ClFN3O/c1-15(2,14(21)18-3)9-20-12-8-10(17)4-5-11(12)19-13(20)6-7-16/h4-5,8H,6-7,9H2,1-3H3,(H,18,21). The van der Waals surface area contributed by atoms with Gasteiger partial charge in [-0.1, -0.05) is 0 Å². The summed E-state index contributed by atoms with van der Waals surface area (Å²) in [5.41, 5.74) is 0.770. The number of rotatable bonds is 5. The number of amides is 1. The van der Waals surface area contributed by atoms with Crippen molar-refractivity contribution in [2.45, 2.75) is 26.8 Å². The Hall–Kier alpha value is -1.62. The minimum absolute atomic E-state index is 0.0717. The van der Waals surface area contributed by atoms with Crippen LogP contribution < -0.4 is 5.32 Å². The molecule has 0 aliphatic rings. The molecule has 4 nitrogen and oxygen atoms in total. The van der Waals surface area contributed by atoms with E-state index in [-0.39, 0.29) is 11.7 Å². The molecule has 0 aliphatic carbocycles. The van der Waals surface area contributed by atoms with Crippen molar-refractivity contribution in [1.29, 1.82) is 0 Å². The highest BCUT2D eigenvalue weighted by molar-refractivity contribution is 6.17. The average molecular weight is 312 g/mol. The van der Waals surface area contributed by atoms with Crippen molar-refractivity contribution in [3.05, 3.63) is 29.8 Å². The Balaban J connectivity index is 2.51. The van der Waals surface area contributed by atoms with Crippen molar-refractivity contribution >= 4 is 28.5 Å². The topological polar surface area (TPSA) is 46.9 Å². The third-order valence-corrected chi connectivity index (χ3v) is 3.69. The number of halogens is 2. The first kappa shape index (κ1) is 15.8. The fraction of sp³-hybridized carbons (Fsp3) is 0.467. The highest BCUT2D eigenvalue weighted by Crippen LogP contribution is 2.25. The molecule has 0 saturated carbocycles. The molecule has 6 heteroatoms. The van der Waals surface area contributed by atoms with Crippen LogP contribution in [-0.4, -0.2) is 28.4 Å². The van der Waals surface area contributed by atoms with Crippen LogP contribution in [0.5, 0.6) is 0 Å². The first-order chi connectivity index (χ1) is 9.89. The minimum atomic E-state index is -0.629. The number of imidazole rings is 1. The van der Waals surface area contributed by atoms with Crippen molar-refractivity contribution in [2.24, 2.45) is 5.41 Å². The van der Waals surface area contributed by atoms with E-state index in [9.17, 15) is 9.18 Å². The second-order valence-electron chi connectivity index (χ2n) is 5.65. The predicted octanol–water partition coefficient (Wildman–Crippen LogP) is 2.73. The Morgan fingerprint density at radius 2 is 2.19 bits per heavy atom. The number of carbonyl (C=O) groups excluding carboxylic acids is 1. The molecular formula is C15H19ClFN3O. The van der Waals surface area contributed by atoms with Gasteiger partial charge in [-0.25, -0.2) is 9.37 Å². The molecule has 114 valence electrons. The molecule has 2 rings (SSSR count). The van der Waals surface area contributed by atoms with E-state index in [1.807, 2.05) is 18.4 Å². The lowest BCUT2D eigenvalue weighted by molar-refractivity contribution is -0.129. The van der Waals surface area contributed by atoms with Crippen molar-refractivity contribution in [2.75, 3.05) is 12.9 Å². The SMILES string of the molecule is CNC(=O)C(C)(C)Cn1c(CCCl)nc2ccc(F)cc21. The Kier molecular flexibility index (Phi) is 4.52. The summed E-state index contributed by atoms with van der Waals surface area (Å²) < 4.78 is 15.4. The summed E-state index contributed by atoms with van der Waals surface area (Å²) in [4.78, 5) is 16.5. The quantitative estimate of drug-likeness (QED) is 0.863. The number of nitrogens with one attached hydrogen (secondary N) is 1. The van der Waals surface area contributed by atoms with Gasteiger partial charge >= 0.3 is 0 Å². The van der Waals surface area contributed by atoms with Gasteiger partial charge in [0.1, 0.15) is 11.6 Å². The van der Waals surface area contributed by atoms with Crippen molar-refractivity contribution in [1.82, 2.24) is 14.9 Å². The van der Waals surface area contributed by atoms with Crippen LogP contribution in [0, 0.1) is 11.2 Å². The van der Waals surface area contributed by atoms with Crippen molar-refractivity contribution < 1.29 is 9.18 Å². The van der Waals surface area contributed by atoms with Gasteiger partial charge in [-0.05, 0) is 32.0 Å². The number of aryl methyl sites for hydroxylation is 1. The summed E-state index contributed by atoms with van der Waals surface area (Å²) in [6.45, 7) is 4.11. The van der Waals surface area contributed by atoms with Gasteiger partial charge in [0.15, 0.2) is 0 Å². The van der Waals surface area contributed by atoms with Crippen LogP contribution in [0.1, 0.15) is 19.7 Å². The van der Waals surface area contributed by atoms with Crippen LogP contribution in [0.3, 0.4) is 0 Å². The summed E-state index contributed by atoms with van der Waals surface area (Å²) in [6, 6.07) is 4.47. The van der Waals surface area contributed by atoms with Crippen LogP contribution in [0.2, 0.25) is 0 Å². The maximum absolute atomic E-state index is 13.5. The third kappa shape index (κ3) is 3.18. The largest absolute Gasteiger partial charge is 0.359 e. The molecule has 21 heavy (non-hydrogen) atoms. The van der Waals surface area contributed by atoms with E-state index < -0.39 is 5.41 Å². The highest BCUT2D eigenvalue weighted by atomic mass is 35.5. The number of aromatic nitrogens is 2. The molecular weight excluding hydrogens is 293 g/mol. The van der Waals surface area contributed by atoms with Gasteiger partial charge in [-0.2, -0.15) is 0 Å². The summed E-state index contributed by atoms with van der Waals surface area (Å²) >= 11 is 5.82. The van der Waals surface area contributed by atoms with E-state index in [0.717, 1.165) is 5.82 Å². The zero-order valence-corrected chi connectivity index (χ0v) is 13.2. The second-order valence-corrected chi connectivity index (χ2v) is 6.03. The molecule has 0 unspecified atom stereocenters. The van der Waals surface area contributed by atoms with Gasteiger partial charge < -0.3 is 9.88 Å². The zero-order chi connectivity index (χ0) is 15.6. The lowest BCUT2D eigenvalue weighted by Crippen LogP contribution is -2.38. The van der Waals surface area contributed by atoms with Crippen LogP contribution in [0.15, 0.2) is 18.2 Å². The molecule has 0 bridgehead atoms. The second kappa shape index (κ2) is 6.02. The molecule has 0 atom stereocenters. The molecule has 1 N–H and O–H groups in total. The third-order valence-electron chi connectivity index (χ3n) is 3.50. The molecule has 1 amide bonds. The number of alkyl halides is 1. The molecule has 1 aromatic heterocycles. The Morgan fingerprint density at radius 3 is 2.81 bits per heavy atom. The molecule has 0 aliphatic heterocycles. The summed E-state index contributed by atoms with van der Waals surface area (Å²) in [5.74, 6) is 0.797. The van der Waals surface area contributed by atoms with Gasteiger partial charge in [0, 0.05) is 25.9 Å². The molecule has 0 saturated heterocycles. The lowest BCUT2D eigenvalue weighted by Gasteiger charge is -2.24. The molecule has 1 heterocycles. The summed E-state index contributed by atoms with van der Waals surface area (Å²) in [5, 5.41) is 2.66. The van der Waals surface area contributed by atoms with Crippen LogP contribution in [-0.2, 0) is 17.8 Å². The Bertz CT molecular complexity index is 666. The smallest absolute Gasteiger partial charge is 0.227 e. The first-order valence-corrected chi connectivity index (χ1v) is 7.35. The average Bonchev–Trinajstić information content (AvgIpc) is 2.75. The van der Waals surface area contributed by atoms with Crippen LogP contribution in [0.4, 0.5) is 4.39 Å². The summed E-state index contributed by atoms with van der Waals surface area (Å²) in [7, 11) is 1.61. The number of benzene rings is 1. The number of fused-ring (bicyclic) bond motifs is 1. The fourth-order valence-electron chi connectivity index (χ4n) is 2.40. The van der Waals surface area contributed by atoms with E-state index in [1.54, 1.807) is 13.1 Å². The maximum Gasteiger partial charge on any atom is 0.227 e. The highest BCUT2D eigenvalue weighted by Gasteiger charge is 2.29. The number of hydrogen-bond acceptors (Lipinski definition) is 2. The predicted molar refractivity (Wildman–Crippen MR) is 82.0 cm³/mol. The van der Waals surface area contributed by atoms with Gasteiger partial charge in [-0.3, -0.25) is 4.79 Å². The Morgan fingerprint density at radius 1 is 1.48 bits per heavy atom. The van der Waals surface area contributed by atoms with Gasteiger partial charge in [0.25, 0.3) is 0 Å². The van der Waals surface area contributed by atoms with Gasteiger partial charge in [-0.15, -0.1) is 11.6 Å². The molecule has 2 aromatic rings. The lowest BCUT2D eigenvalue weighted by atomic mass is 9.92.